The van der Waals surface area contributed by atoms with Gasteiger partial charge in [0.15, 0.2) is 0 Å². The molecular weight excluding hydrogens is 208 g/mol. The fraction of sp³-hybridized carbons (Fsp3) is 0.273. The Balaban J connectivity index is 2.45. The number of rotatable bonds is 4. The van der Waals surface area contributed by atoms with Crippen molar-refractivity contribution in [2.75, 3.05) is 11.9 Å². The summed E-state index contributed by atoms with van der Waals surface area (Å²) in [6, 6.07) is 6.04. The van der Waals surface area contributed by atoms with Crippen molar-refractivity contribution in [3.63, 3.8) is 0 Å². The number of amides is 2. The second-order valence-electron chi connectivity index (χ2n) is 3.23. The van der Waals surface area contributed by atoms with Crippen LogP contribution < -0.4 is 10.6 Å². The average Bonchev–Trinajstić information content (AvgIpc) is 2.21. The van der Waals surface area contributed by atoms with E-state index in [1.165, 1.54) is 12.1 Å². The lowest BCUT2D eigenvalue weighted by atomic mass is 10.3. The van der Waals surface area contributed by atoms with Gasteiger partial charge in [0, 0.05) is 12.2 Å². The summed E-state index contributed by atoms with van der Waals surface area (Å²) in [5.74, 6) is -0.558. The molecule has 2 amide bonds. The minimum atomic E-state index is -0.378. The zero-order valence-electron chi connectivity index (χ0n) is 8.99. The molecule has 1 aromatic rings. The van der Waals surface area contributed by atoms with E-state index >= 15 is 0 Å². The number of anilines is 1. The standard InChI is InChI=1S/C11H14N2O3/c1-2-12-10(15)7-11(16)13-8-3-5-9(14)6-4-8/h3-6,14H,2,7H2,1H3,(H,12,15)(H,13,16). The zero-order chi connectivity index (χ0) is 12.0. The number of carbonyl (C=O) groups is 2. The van der Waals surface area contributed by atoms with Gasteiger partial charge in [0.2, 0.25) is 11.8 Å². The number of aromatic hydroxyl groups is 1. The van der Waals surface area contributed by atoms with Crippen molar-refractivity contribution in [1.29, 1.82) is 0 Å². The first kappa shape index (κ1) is 12.0. The van der Waals surface area contributed by atoms with Crippen molar-refractivity contribution in [2.24, 2.45) is 0 Å². The number of phenols is 1. The molecule has 1 aromatic carbocycles. The highest BCUT2D eigenvalue weighted by molar-refractivity contribution is 6.03. The second kappa shape index (κ2) is 5.75. The van der Waals surface area contributed by atoms with E-state index in [2.05, 4.69) is 10.6 Å². The zero-order valence-corrected chi connectivity index (χ0v) is 8.99. The molecule has 0 heterocycles. The van der Waals surface area contributed by atoms with Gasteiger partial charge in [-0.25, -0.2) is 0 Å². The van der Waals surface area contributed by atoms with Crippen LogP contribution in [0.5, 0.6) is 5.75 Å². The Morgan fingerprint density at radius 2 is 1.81 bits per heavy atom. The van der Waals surface area contributed by atoms with E-state index in [1.54, 1.807) is 19.1 Å². The fourth-order valence-electron chi connectivity index (χ4n) is 1.16. The van der Waals surface area contributed by atoms with Crippen molar-refractivity contribution in [3.05, 3.63) is 24.3 Å². The first-order chi connectivity index (χ1) is 7.61. The summed E-state index contributed by atoms with van der Waals surface area (Å²) in [4.78, 5) is 22.4. The summed E-state index contributed by atoms with van der Waals surface area (Å²) in [5.41, 5.74) is 0.548. The van der Waals surface area contributed by atoms with Gasteiger partial charge in [0.05, 0.1) is 0 Å². The number of hydrogen-bond donors (Lipinski definition) is 3. The first-order valence-corrected chi connectivity index (χ1v) is 4.97. The van der Waals surface area contributed by atoms with Gasteiger partial charge in [0.25, 0.3) is 0 Å². The van der Waals surface area contributed by atoms with Crippen LogP contribution in [-0.4, -0.2) is 23.5 Å². The summed E-state index contributed by atoms with van der Waals surface area (Å²) in [6.07, 6.45) is -0.200. The Bertz CT molecular complexity index is 373. The minimum Gasteiger partial charge on any atom is -0.508 e. The number of carbonyl (C=O) groups excluding carboxylic acids is 2. The third-order valence-corrected chi connectivity index (χ3v) is 1.85. The fourth-order valence-corrected chi connectivity index (χ4v) is 1.16. The van der Waals surface area contributed by atoms with Gasteiger partial charge in [-0.2, -0.15) is 0 Å². The van der Waals surface area contributed by atoms with Gasteiger partial charge in [-0.05, 0) is 31.2 Å². The maximum Gasteiger partial charge on any atom is 0.233 e. The molecule has 0 radical (unpaired) electrons. The maximum absolute atomic E-state index is 11.3. The van der Waals surface area contributed by atoms with E-state index in [0.717, 1.165) is 0 Å². The van der Waals surface area contributed by atoms with Crippen molar-refractivity contribution in [2.45, 2.75) is 13.3 Å². The molecule has 1 rings (SSSR count). The molecule has 0 saturated carbocycles. The van der Waals surface area contributed by atoms with Gasteiger partial charge in [-0.3, -0.25) is 9.59 Å². The lowest BCUT2D eigenvalue weighted by Crippen LogP contribution is -2.27. The molecule has 0 unspecified atom stereocenters. The smallest absolute Gasteiger partial charge is 0.233 e. The molecule has 5 heteroatoms. The number of phenolic OH excluding ortho intramolecular Hbond substituents is 1. The van der Waals surface area contributed by atoms with Crippen LogP contribution in [0.4, 0.5) is 5.69 Å². The van der Waals surface area contributed by atoms with Crippen molar-refractivity contribution >= 4 is 17.5 Å². The van der Waals surface area contributed by atoms with E-state index in [-0.39, 0.29) is 24.0 Å². The minimum absolute atomic E-state index is 0.127. The molecule has 3 N–H and O–H groups in total. The van der Waals surface area contributed by atoms with E-state index in [9.17, 15) is 9.59 Å². The van der Waals surface area contributed by atoms with Crippen LogP contribution >= 0.6 is 0 Å². The highest BCUT2D eigenvalue weighted by Gasteiger charge is 2.08. The Morgan fingerprint density at radius 3 is 2.38 bits per heavy atom. The van der Waals surface area contributed by atoms with Gasteiger partial charge >= 0.3 is 0 Å². The maximum atomic E-state index is 11.3. The topological polar surface area (TPSA) is 78.4 Å². The summed E-state index contributed by atoms with van der Waals surface area (Å²) in [7, 11) is 0. The second-order valence-corrected chi connectivity index (χ2v) is 3.23. The molecule has 16 heavy (non-hydrogen) atoms. The third kappa shape index (κ3) is 4.00. The van der Waals surface area contributed by atoms with Gasteiger partial charge in [-0.1, -0.05) is 0 Å². The molecule has 5 nitrogen and oxygen atoms in total. The lowest BCUT2D eigenvalue weighted by molar-refractivity contribution is -0.126. The molecule has 0 aromatic heterocycles. The van der Waals surface area contributed by atoms with Crippen LogP contribution in [0.1, 0.15) is 13.3 Å². The quantitative estimate of drug-likeness (QED) is 0.522. The molecule has 0 aliphatic carbocycles. The van der Waals surface area contributed by atoms with Crippen molar-refractivity contribution < 1.29 is 14.7 Å². The Labute approximate surface area is 93.5 Å². The van der Waals surface area contributed by atoms with E-state index < -0.39 is 0 Å². The van der Waals surface area contributed by atoms with E-state index in [0.29, 0.717) is 12.2 Å². The third-order valence-electron chi connectivity index (χ3n) is 1.85. The average molecular weight is 222 g/mol. The van der Waals surface area contributed by atoms with Gasteiger partial charge in [0.1, 0.15) is 12.2 Å². The summed E-state index contributed by atoms with van der Waals surface area (Å²) >= 11 is 0. The number of benzene rings is 1. The van der Waals surface area contributed by atoms with Crippen LogP contribution in [0.15, 0.2) is 24.3 Å². The highest BCUT2D eigenvalue weighted by atomic mass is 16.3. The van der Waals surface area contributed by atoms with Gasteiger partial charge < -0.3 is 15.7 Å². The predicted molar refractivity (Wildman–Crippen MR) is 60.0 cm³/mol. The summed E-state index contributed by atoms with van der Waals surface area (Å²) in [5, 5.41) is 14.1. The number of nitrogens with one attached hydrogen (secondary N) is 2. The van der Waals surface area contributed by atoms with Crippen molar-refractivity contribution in [1.82, 2.24) is 5.32 Å². The summed E-state index contributed by atoms with van der Waals surface area (Å²) < 4.78 is 0. The van der Waals surface area contributed by atoms with Crippen molar-refractivity contribution in [3.8, 4) is 5.75 Å². The van der Waals surface area contributed by atoms with Crippen LogP contribution in [-0.2, 0) is 9.59 Å². The Kier molecular flexibility index (Phi) is 4.32. The highest BCUT2D eigenvalue weighted by Crippen LogP contribution is 2.13. The molecular formula is C11H14N2O3. The summed E-state index contributed by atoms with van der Waals surface area (Å²) in [6.45, 7) is 2.29. The van der Waals surface area contributed by atoms with Crippen LogP contribution in [0, 0.1) is 0 Å². The predicted octanol–water partition coefficient (Wildman–Crippen LogP) is 0.857. The molecule has 0 spiro atoms. The van der Waals surface area contributed by atoms with Crippen LogP contribution in [0.25, 0.3) is 0 Å². The molecule has 0 atom stereocenters. The monoisotopic (exact) mass is 222 g/mol. The van der Waals surface area contributed by atoms with E-state index in [1.807, 2.05) is 0 Å². The number of hydrogen-bond acceptors (Lipinski definition) is 3. The normalized spacial score (nSPS) is 9.56. The Hall–Kier alpha value is -2.04. The van der Waals surface area contributed by atoms with Gasteiger partial charge in [-0.15, -0.1) is 0 Å². The Morgan fingerprint density at radius 1 is 1.19 bits per heavy atom. The van der Waals surface area contributed by atoms with Crippen LogP contribution in [0.3, 0.4) is 0 Å². The van der Waals surface area contributed by atoms with Crippen LogP contribution in [0.2, 0.25) is 0 Å². The molecule has 0 bridgehead atoms. The first-order valence-electron chi connectivity index (χ1n) is 4.97. The molecule has 86 valence electrons. The molecule has 0 fully saturated rings. The van der Waals surface area contributed by atoms with E-state index in [4.69, 9.17) is 5.11 Å². The molecule has 0 saturated heterocycles. The molecule has 0 aliphatic rings. The SMILES string of the molecule is CCNC(=O)CC(=O)Nc1ccc(O)cc1. The largest absolute Gasteiger partial charge is 0.508 e. The molecule has 0 aliphatic heterocycles. The lowest BCUT2D eigenvalue weighted by Gasteiger charge is -2.05.